The molecule has 0 aliphatic rings. The zero-order valence-electron chi connectivity index (χ0n) is 8.98. The van der Waals surface area contributed by atoms with Crippen LogP contribution in [-0.2, 0) is 0 Å². The normalized spacial score (nSPS) is 12.7. The lowest BCUT2D eigenvalue weighted by molar-refractivity contribution is 0.752. The molecular formula is C12H13BrN2S. The van der Waals surface area contributed by atoms with Gasteiger partial charge in [-0.05, 0) is 6.07 Å². The van der Waals surface area contributed by atoms with Crippen LogP contribution in [0.4, 0.5) is 0 Å². The number of hydrogen-bond acceptors (Lipinski definition) is 3. The van der Waals surface area contributed by atoms with E-state index in [1.165, 1.54) is 0 Å². The van der Waals surface area contributed by atoms with Gasteiger partial charge in [0.25, 0.3) is 0 Å². The van der Waals surface area contributed by atoms with Gasteiger partial charge < -0.3 is 5.73 Å². The molecule has 16 heavy (non-hydrogen) atoms. The van der Waals surface area contributed by atoms with Gasteiger partial charge in [-0.1, -0.05) is 41.1 Å². The zero-order valence-corrected chi connectivity index (χ0v) is 11.4. The Hall–Kier alpha value is -0.710. The summed E-state index contributed by atoms with van der Waals surface area (Å²) in [7, 11) is 0. The number of halogens is 1. The van der Waals surface area contributed by atoms with Crippen LogP contribution in [0.3, 0.4) is 0 Å². The second-order valence-corrected chi connectivity index (χ2v) is 5.41. The van der Waals surface area contributed by atoms with Crippen LogP contribution in [0.15, 0.2) is 34.1 Å². The third-order valence-corrected chi connectivity index (χ3v) is 4.07. The largest absolute Gasteiger partial charge is 0.330 e. The van der Waals surface area contributed by atoms with Crippen molar-refractivity contribution in [1.82, 2.24) is 4.98 Å². The van der Waals surface area contributed by atoms with E-state index in [2.05, 4.69) is 39.3 Å². The molecular weight excluding hydrogens is 284 g/mol. The molecule has 4 heteroatoms. The van der Waals surface area contributed by atoms with Crippen LogP contribution in [0.25, 0.3) is 10.6 Å². The first-order chi connectivity index (χ1) is 7.72. The number of nitrogens with zero attached hydrogens (tertiary/aromatic N) is 1. The Morgan fingerprint density at radius 2 is 2.19 bits per heavy atom. The van der Waals surface area contributed by atoms with E-state index in [9.17, 15) is 0 Å². The van der Waals surface area contributed by atoms with Crippen LogP contribution in [0, 0.1) is 0 Å². The van der Waals surface area contributed by atoms with Crippen LogP contribution in [0.2, 0.25) is 0 Å². The molecule has 84 valence electrons. The van der Waals surface area contributed by atoms with Crippen LogP contribution in [0.5, 0.6) is 0 Å². The number of hydrogen-bond donors (Lipinski definition) is 1. The Morgan fingerprint density at radius 1 is 1.44 bits per heavy atom. The predicted octanol–water partition coefficient (Wildman–Crippen LogP) is 3.63. The molecule has 1 aromatic heterocycles. The minimum absolute atomic E-state index is 0.326. The molecule has 1 unspecified atom stereocenters. The van der Waals surface area contributed by atoms with Gasteiger partial charge in [0.05, 0.1) is 5.69 Å². The minimum atomic E-state index is 0.326. The van der Waals surface area contributed by atoms with Crippen molar-refractivity contribution in [2.75, 3.05) is 6.54 Å². The summed E-state index contributed by atoms with van der Waals surface area (Å²) in [6.45, 7) is 2.73. The zero-order chi connectivity index (χ0) is 11.5. The maximum Gasteiger partial charge on any atom is 0.124 e. The van der Waals surface area contributed by atoms with E-state index in [1.807, 2.05) is 18.2 Å². The van der Waals surface area contributed by atoms with Gasteiger partial charge >= 0.3 is 0 Å². The van der Waals surface area contributed by atoms with Crippen LogP contribution < -0.4 is 5.73 Å². The van der Waals surface area contributed by atoms with Crippen LogP contribution in [0.1, 0.15) is 18.5 Å². The molecule has 0 saturated heterocycles. The molecule has 0 bridgehead atoms. The quantitative estimate of drug-likeness (QED) is 0.939. The summed E-state index contributed by atoms with van der Waals surface area (Å²) in [5.41, 5.74) is 7.86. The van der Waals surface area contributed by atoms with Crippen molar-refractivity contribution in [3.05, 3.63) is 39.8 Å². The van der Waals surface area contributed by atoms with Crippen LogP contribution in [-0.4, -0.2) is 11.5 Å². The highest BCUT2D eigenvalue weighted by atomic mass is 79.9. The summed E-state index contributed by atoms with van der Waals surface area (Å²) in [6.07, 6.45) is 0. The third-order valence-electron chi connectivity index (χ3n) is 2.48. The van der Waals surface area contributed by atoms with Crippen molar-refractivity contribution in [1.29, 1.82) is 0 Å². The highest BCUT2D eigenvalue weighted by molar-refractivity contribution is 9.10. The van der Waals surface area contributed by atoms with Crippen molar-refractivity contribution in [3.63, 3.8) is 0 Å². The molecule has 1 atom stereocenters. The van der Waals surface area contributed by atoms with Gasteiger partial charge in [-0.25, -0.2) is 4.98 Å². The lowest BCUT2D eigenvalue weighted by Gasteiger charge is -2.03. The molecule has 2 nitrogen and oxygen atoms in total. The summed E-state index contributed by atoms with van der Waals surface area (Å²) in [4.78, 5) is 4.62. The van der Waals surface area contributed by atoms with Gasteiger partial charge in [-0.15, -0.1) is 11.3 Å². The van der Waals surface area contributed by atoms with E-state index < -0.39 is 0 Å². The molecule has 2 N–H and O–H groups in total. The van der Waals surface area contributed by atoms with Crippen molar-refractivity contribution >= 4 is 27.3 Å². The van der Waals surface area contributed by atoms with Crippen molar-refractivity contribution in [2.24, 2.45) is 5.73 Å². The standard InChI is InChI=1S/C12H13BrN2S/c1-8(6-14)11-7-16-12(15-11)9-4-2-3-5-10(9)13/h2-5,7-8H,6,14H2,1H3. The highest BCUT2D eigenvalue weighted by Crippen LogP contribution is 2.31. The van der Waals surface area contributed by atoms with Gasteiger partial charge in [0.1, 0.15) is 5.01 Å². The molecule has 2 aromatic rings. The average Bonchev–Trinajstić information content (AvgIpc) is 2.78. The number of aromatic nitrogens is 1. The molecule has 1 aromatic carbocycles. The van der Waals surface area contributed by atoms with Gasteiger partial charge in [0.15, 0.2) is 0 Å². The van der Waals surface area contributed by atoms with Crippen molar-refractivity contribution in [2.45, 2.75) is 12.8 Å². The van der Waals surface area contributed by atoms with E-state index in [0.29, 0.717) is 12.5 Å². The highest BCUT2D eigenvalue weighted by Gasteiger charge is 2.11. The molecule has 0 spiro atoms. The smallest absolute Gasteiger partial charge is 0.124 e. The maximum absolute atomic E-state index is 5.64. The number of rotatable bonds is 3. The van der Waals surface area contributed by atoms with Crippen molar-refractivity contribution < 1.29 is 0 Å². The Balaban J connectivity index is 2.35. The summed E-state index contributed by atoms with van der Waals surface area (Å²) >= 11 is 5.20. The summed E-state index contributed by atoms with van der Waals surface area (Å²) < 4.78 is 1.08. The minimum Gasteiger partial charge on any atom is -0.330 e. The summed E-state index contributed by atoms with van der Waals surface area (Å²) in [5, 5.41) is 3.13. The fourth-order valence-corrected chi connectivity index (χ4v) is 2.98. The fourth-order valence-electron chi connectivity index (χ4n) is 1.39. The molecule has 1 heterocycles. The lowest BCUT2D eigenvalue weighted by atomic mass is 10.1. The lowest BCUT2D eigenvalue weighted by Crippen LogP contribution is -2.08. The maximum atomic E-state index is 5.64. The van der Waals surface area contributed by atoms with Crippen molar-refractivity contribution in [3.8, 4) is 10.6 Å². The van der Waals surface area contributed by atoms with E-state index in [1.54, 1.807) is 11.3 Å². The molecule has 0 aliphatic heterocycles. The molecule has 0 radical (unpaired) electrons. The van der Waals surface area contributed by atoms with E-state index in [-0.39, 0.29) is 0 Å². The molecule has 0 amide bonds. The van der Waals surface area contributed by atoms with E-state index in [0.717, 1.165) is 20.7 Å². The molecule has 0 saturated carbocycles. The second kappa shape index (κ2) is 5.08. The number of nitrogens with two attached hydrogens (primary N) is 1. The summed E-state index contributed by atoms with van der Waals surface area (Å²) in [6, 6.07) is 8.13. The monoisotopic (exact) mass is 296 g/mol. The Bertz CT molecular complexity index is 481. The Morgan fingerprint density at radius 3 is 2.88 bits per heavy atom. The van der Waals surface area contributed by atoms with Crippen LogP contribution >= 0.6 is 27.3 Å². The molecule has 0 fully saturated rings. The first kappa shape index (κ1) is 11.8. The second-order valence-electron chi connectivity index (χ2n) is 3.69. The van der Waals surface area contributed by atoms with Gasteiger partial charge in [-0.3, -0.25) is 0 Å². The number of benzene rings is 1. The molecule has 0 aliphatic carbocycles. The van der Waals surface area contributed by atoms with Gasteiger partial charge in [0.2, 0.25) is 0 Å². The van der Waals surface area contributed by atoms with Gasteiger partial charge in [0, 0.05) is 27.9 Å². The number of thiazole rings is 1. The average molecular weight is 297 g/mol. The first-order valence-corrected chi connectivity index (χ1v) is 6.80. The first-order valence-electron chi connectivity index (χ1n) is 5.12. The Kier molecular flexibility index (Phi) is 3.74. The fraction of sp³-hybridized carbons (Fsp3) is 0.250. The predicted molar refractivity (Wildman–Crippen MR) is 72.7 cm³/mol. The topological polar surface area (TPSA) is 38.9 Å². The third kappa shape index (κ3) is 2.34. The van der Waals surface area contributed by atoms with E-state index in [4.69, 9.17) is 5.73 Å². The summed E-state index contributed by atoms with van der Waals surface area (Å²) in [5.74, 6) is 0.326. The SMILES string of the molecule is CC(CN)c1csc(-c2ccccc2Br)n1. The van der Waals surface area contributed by atoms with Gasteiger partial charge in [-0.2, -0.15) is 0 Å². The Labute approximate surface area is 108 Å². The van der Waals surface area contributed by atoms with E-state index >= 15 is 0 Å². The molecule has 2 rings (SSSR count).